The van der Waals surface area contributed by atoms with Crippen molar-refractivity contribution in [1.82, 2.24) is 15.0 Å². The minimum absolute atomic E-state index is 0.0406. The first-order chi connectivity index (χ1) is 9.84. The van der Waals surface area contributed by atoms with E-state index in [0.717, 1.165) is 17.1 Å². The summed E-state index contributed by atoms with van der Waals surface area (Å²) in [5.41, 5.74) is 1.92. The summed E-state index contributed by atoms with van der Waals surface area (Å²) in [7, 11) is 0. The van der Waals surface area contributed by atoms with Gasteiger partial charge < -0.3 is 10.1 Å². The average molecular weight is 288 g/mol. The molecule has 0 aliphatic rings. The fourth-order valence-corrected chi connectivity index (χ4v) is 1.82. The standard InChI is InChI=1S/C16H24N4O/c1-12(2)21-15-8-6-13(7-9-15)17-10-14-11-20(19-18-14)16(3,4)5/h6-9,11-12,17H,10H2,1-5H3. The second-order valence-electron chi connectivity index (χ2n) is 6.37. The smallest absolute Gasteiger partial charge is 0.119 e. The van der Waals surface area contributed by atoms with Crippen molar-refractivity contribution >= 4 is 5.69 Å². The van der Waals surface area contributed by atoms with E-state index >= 15 is 0 Å². The van der Waals surface area contributed by atoms with Crippen LogP contribution < -0.4 is 10.1 Å². The van der Waals surface area contributed by atoms with Gasteiger partial charge in [0.25, 0.3) is 0 Å². The summed E-state index contributed by atoms with van der Waals surface area (Å²) in [4.78, 5) is 0. The monoisotopic (exact) mass is 288 g/mol. The Morgan fingerprint density at radius 3 is 2.38 bits per heavy atom. The SMILES string of the molecule is CC(C)Oc1ccc(NCc2cn(C(C)(C)C)nn2)cc1. The van der Waals surface area contributed by atoms with E-state index in [1.54, 1.807) is 0 Å². The summed E-state index contributed by atoms with van der Waals surface area (Å²) in [5, 5.41) is 11.7. The average Bonchev–Trinajstić information content (AvgIpc) is 2.86. The lowest BCUT2D eigenvalue weighted by atomic mass is 10.1. The van der Waals surface area contributed by atoms with Gasteiger partial charge in [0, 0.05) is 5.69 Å². The van der Waals surface area contributed by atoms with Gasteiger partial charge in [-0.2, -0.15) is 0 Å². The van der Waals surface area contributed by atoms with E-state index in [2.05, 4.69) is 36.4 Å². The van der Waals surface area contributed by atoms with Crippen molar-refractivity contribution in [2.24, 2.45) is 0 Å². The topological polar surface area (TPSA) is 52.0 Å². The van der Waals surface area contributed by atoms with Crippen molar-refractivity contribution in [3.63, 3.8) is 0 Å². The van der Waals surface area contributed by atoms with Crippen molar-refractivity contribution in [3.05, 3.63) is 36.2 Å². The van der Waals surface area contributed by atoms with E-state index in [4.69, 9.17) is 4.74 Å². The van der Waals surface area contributed by atoms with E-state index in [-0.39, 0.29) is 11.6 Å². The molecule has 0 radical (unpaired) electrons. The number of nitrogens with one attached hydrogen (secondary N) is 1. The predicted molar refractivity (Wildman–Crippen MR) is 84.6 cm³/mol. The van der Waals surface area contributed by atoms with Gasteiger partial charge in [0.1, 0.15) is 11.4 Å². The first-order valence-corrected chi connectivity index (χ1v) is 7.27. The molecule has 0 bridgehead atoms. The van der Waals surface area contributed by atoms with Crippen LogP contribution in [0.15, 0.2) is 30.5 Å². The number of benzene rings is 1. The number of ether oxygens (including phenoxy) is 1. The zero-order valence-electron chi connectivity index (χ0n) is 13.4. The van der Waals surface area contributed by atoms with Crippen molar-refractivity contribution in [2.75, 3.05) is 5.32 Å². The molecule has 0 spiro atoms. The highest BCUT2D eigenvalue weighted by Crippen LogP contribution is 2.18. The third-order valence-corrected chi connectivity index (χ3v) is 2.93. The predicted octanol–water partition coefficient (Wildman–Crippen LogP) is 3.43. The highest BCUT2D eigenvalue weighted by atomic mass is 16.5. The van der Waals surface area contributed by atoms with Crippen LogP contribution in [-0.2, 0) is 12.1 Å². The minimum atomic E-state index is -0.0406. The quantitative estimate of drug-likeness (QED) is 0.915. The molecule has 1 aromatic heterocycles. The van der Waals surface area contributed by atoms with Crippen molar-refractivity contribution < 1.29 is 4.74 Å². The number of aromatic nitrogens is 3. The van der Waals surface area contributed by atoms with Crippen LogP contribution in [0.1, 0.15) is 40.3 Å². The normalized spacial score (nSPS) is 11.7. The van der Waals surface area contributed by atoms with Gasteiger partial charge in [-0.05, 0) is 58.9 Å². The molecule has 1 heterocycles. The van der Waals surface area contributed by atoms with E-state index in [9.17, 15) is 0 Å². The Morgan fingerprint density at radius 2 is 1.86 bits per heavy atom. The van der Waals surface area contributed by atoms with Gasteiger partial charge in [-0.15, -0.1) is 5.10 Å². The summed E-state index contributed by atoms with van der Waals surface area (Å²) in [6, 6.07) is 7.94. The van der Waals surface area contributed by atoms with Crippen LogP contribution in [0.3, 0.4) is 0 Å². The van der Waals surface area contributed by atoms with Crippen LogP contribution >= 0.6 is 0 Å². The van der Waals surface area contributed by atoms with Gasteiger partial charge in [-0.3, -0.25) is 0 Å². The zero-order chi connectivity index (χ0) is 15.5. The summed E-state index contributed by atoms with van der Waals surface area (Å²) in [6.45, 7) is 11.0. The highest BCUT2D eigenvalue weighted by molar-refractivity contribution is 5.46. The molecule has 0 aliphatic carbocycles. The molecular formula is C16H24N4O. The molecular weight excluding hydrogens is 264 g/mol. The Balaban J connectivity index is 1.92. The van der Waals surface area contributed by atoms with Crippen molar-refractivity contribution in [1.29, 1.82) is 0 Å². The first kappa shape index (κ1) is 15.4. The van der Waals surface area contributed by atoms with Crippen LogP contribution in [0, 0.1) is 0 Å². The van der Waals surface area contributed by atoms with Crippen LogP contribution in [0.2, 0.25) is 0 Å². The van der Waals surface area contributed by atoms with E-state index in [0.29, 0.717) is 6.54 Å². The van der Waals surface area contributed by atoms with Gasteiger partial charge in [-0.1, -0.05) is 5.21 Å². The molecule has 0 atom stereocenters. The fraction of sp³-hybridized carbons (Fsp3) is 0.500. The largest absolute Gasteiger partial charge is 0.491 e. The Labute approximate surface area is 126 Å². The highest BCUT2D eigenvalue weighted by Gasteiger charge is 2.14. The van der Waals surface area contributed by atoms with Gasteiger partial charge >= 0.3 is 0 Å². The van der Waals surface area contributed by atoms with Gasteiger partial charge in [0.15, 0.2) is 0 Å². The van der Waals surface area contributed by atoms with Gasteiger partial charge in [-0.25, -0.2) is 4.68 Å². The second kappa shape index (κ2) is 6.16. The number of rotatable bonds is 5. The maximum Gasteiger partial charge on any atom is 0.119 e. The molecule has 0 aliphatic heterocycles. The van der Waals surface area contributed by atoms with Gasteiger partial charge in [0.05, 0.1) is 24.4 Å². The number of nitrogens with zero attached hydrogens (tertiary/aromatic N) is 3. The zero-order valence-corrected chi connectivity index (χ0v) is 13.4. The van der Waals surface area contributed by atoms with E-state index < -0.39 is 0 Å². The molecule has 2 rings (SSSR count). The summed E-state index contributed by atoms with van der Waals surface area (Å²) >= 11 is 0. The lowest BCUT2D eigenvalue weighted by molar-refractivity contribution is 0.242. The maximum absolute atomic E-state index is 5.62. The summed E-state index contributed by atoms with van der Waals surface area (Å²) in [5.74, 6) is 0.884. The molecule has 1 N–H and O–H groups in total. The van der Waals surface area contributed by atoms with E-state index in [1.807, 2.05) is 49.0 Å². The molecule has 0 fully saturated rings. The molecule has 0 saturated carbocycles. The van der Waals surface area contributed by atoms with E-state index in [1.165, 1.54) is 0 Å². The Bertz CT molecular complexity index is 567. The first-order valence-electron chi connectivity index (χ1n) is 7.27. The van der Waals surface area contributed by atoms with Gasteiger partial charge in [0.2, 0.25) is 0 Å². The third-order valence-electron chi connectivity index (χ3n) is 2.93. The van der Waals surface area contributed by atoms with Crippen LogP contribution in [-0.4, -0.2) is 21.1 Å². The Morgan fingerprint density at radius 1 is 1.19 bits per heavy atom. The number of anilines is 1. The minimum Gasteiger partial charge on any atom is -0.491 e. The molecule has 21 heavy (non-hydrogen) atoms. The summed E-state index contributed by atoms with van der Waals surface area (Å²) < 4.78 is 7.50. The molecule has 5 heteroatoms. The number of hydrogen-bond donors (Lipinski definition) is 1. The molecule has 114 valence electrons. The fourth-order valence-electron chi connectivity index (χ4n) is 1.82. The Hall–Kier alpha value is -2.04. The molecule has 0 unspecified atom stereocenters. The lowest BCUT2D eigenvalue weighted by Crippen LogP contribution is -2.22. The third kappa shape index (κ3) is 4.48. The molecule has 0 saturated heterocycles. The molecule has 5 nitrogen and oxygen atoms in total. The van der Waals surface area contributed by atoms with Crippen LogP contribution in [0.25, 0.3) is 0 Å². The molecule has 2 aromatic rings. The molecule has 1 aromatic carbocycles. The lowest BCUT2D eigenvalue weighted by Gasteiger charge is -2.17. The van der Waals surface area contributed by atoms with Crippen molar-refractivity contribution in [2.45, 2.75) is 52.8 Å². The van der Waals surface area contributed by atoms with Crippen LogP contribution in [0.5, 0.6) is 5.75 Å². The molecule has 0 amide bonds. The second-order valence-corrected chi connectivity index (χ2v) is 6.37. The van der Waals surface area contributed by atoms with Crippen molar-refractivity contribution in [3.8, 4) is 5.75 Å². The number of hydrogen-bond acceptors (Lipinski definition) is 4. The Kier molecular flexibility index (Phi) is 4.50. The summed E-state index contributed by atoms with van der Waals surface area (Å²) in [6.07, 6.45) is 2.17. The van der Waals surface area contributed by atoms with Crippen LogP contribution in [0.4, 0.5) is 5.69 Å². The maximum atomic E-state index is 5.62.